The van der Waals surface area contributed by atoms with Crippen molar-refractivity contribution in [2.45, 2.75) is 179 Å². The molecule has 4 amide bonds. The van der Waals surface area contributed by atoms with Crippen molar-refractivity contribution >= 4 is 93.9 Å². The lowest BCUT2D eigenvalue weighted by Crippen LogP contribution is -2.42. The highest BCUT2D eigenvalue weighted by Crippen LogP contribution is 2.44. The first kappa shape index (κ1) is 90.9. The summed E-state index contributed by atoms with van der Waals surface area (Å²) in [6.45, 7) is 12.3. The predicted octanol–water partition coefficient (Wildman–Crippen LogP) is 17.0. The molecule has 4 aromatic carbocycles. The summed E-state index contributed by atoms with van der Waals surface area (Å²) in [5.74, 6) is -3.34. The highest BCUT2D eigenvalue weighted by Gasteiger charge is 2.43. The second kappa shape index (κ2) is 44.2. The Kier molecular flexibility index (Phi) is 32.4. The number of esters is 4. The Morgan fingerprint density at radius 1 is 0.339 bits per heavy atom. The van der Waals surface area contributed by atoms with Gasteiger partial charge in [0.05, 0.1) is 84.3 Å². The van der Waals surface area contributed by atoms with E-state index in [0.717, 1.165) is 84.7 Å². The predicted molar refractivity (Wildman–Crippen MR) is 465 cm³/mol. The number of ether oxygens (including phenoxy) is 8. The number of nitrogens with zero attached hydrogens (tertiary/aromatic N) is 8. The molecule has 8 aliphatic rings. The SMILES string of the molecule is CC1=C(C(=O)OCc2ccccn2)[C@@H](c2ccc(Cl)cc2)CC(=O)N1C[C@@H]1CCCO1.CC1=C(C(=O)OCc2ccccn2)[C@H](c2ccc(Cl)cc2)CC(=O)N1C[C@H]1CCCO1.CC1=C(C(=O)OCc2cccnc2)[C@@H](c2ccc(Cl)cc2)CC(=O)N1C[C@@H]1CCCO1.CC1=C(C(=O)OCc2cccnc2)[C@H](c2ccc(Cl)cc2)CC(=O)N1C[C@H]1CCCO1. The Bertz CT molecular complexity index is 4520. The molecule has 24 nitrogen and oxygen atoms in total. The Balaban J connectivity index is 0.000000142. The Morgan fingerprint density at radius 2 is 0.597 bits per heavy atom. The van der Waals surface area contributed by atoms with Gasteiger partial charge in [0.25, 0.3) is 0 Å². The molecular weight excluding hydrogens is 1660 g/mol. The molecule has 12 heterocycles. The van der Waals surface area contributed by atoms with Crippen molar-refractivity contribution in [1.82, 2.24) is 39.5 Å². The van der Waals surface area contributed by atoms with Crippen LogP contribution in [0.1, 0.15) is 173 Å². The summed E-state index contributed by atoms with van der Waals surface area (Å²) in [4.78, 5) is 128. The van der Waals surface area contributed by atoms with Gasteiger partial charge in [-0.2, -0.15) is 0 Å². The number of amides is 4. The van der Waals surface area contributed by atoms with Crippen LogP contribution in [0.5, 0.6) is 0 Å². The number of halogens is 4. The van der Waals surface area contributed by atoms with Gasteiger partial charge in [0.2, 0.25) is 23.6 Å². The molecule has 4 saturated heterocycles. The summed E-state index contributed by atoms with van der Waals surface area (Å²) in [5, 5.41) is 2.41. The number of allylic oxidation sites excluding steroid dienone is 4. The van der Waals surface area contributed by atoms with Gasteiger partial charge in [-0.25, -0.2) is 19.2 Å². The lowest BCUT2D eigenvalue weighted by atomic mass is 9.83. The van der Waals surface area contributed by atoms with Crippen LogP contribution in [0.2, 0.25) is 20.1 Å². The zero-order valence-electron chi connectivity index (χ0n) is 69.7. The Hall–Kier alpha value is -10.8. The molecule has 124 heavy (non-hydrogen) atoms. The molecule has 4 aromatic heterocycles. The van der Waals surface area contributed by atoms with E-state index in [-0.39, 0.29) is 124 Å². The summed E-state index contributed by atoms with van der Waals surface area (Å²) in [6, 6.07) is 47.3. The standard InChI is InChI=1S/4C24H25ClN2O4/c2*1-16-23(24(29)31-15-17-4-2-10-26-13-17)21(18-6-8-19(25)9-7-18)12-22(28)27(16)14-20-5-3-11-30-20;2*1-16-23(24(29)31-15-19-5-2-3-11-26-19)21(17-7-9-18(25)10-8-17)13-22(28)27(16)14-20-6-4-12-30-20/h2*2,4,6-10,13,20-21H,3,5,11-12,14-15H2,1H3;2*2-3,5,7-11,20-21H,4,6,12-15H2,1H3/t4*20-,21+/m1010/s1. The van der Waals surface area contributed by atoms with E-state index >= 15 is 0 Å². The zero-order chi connectivity index (χ0) is 87.2. The lowest BCUT2D eigenvalue weighted by molar-refractivity contribution is -0.143. The van der Waals surface area contributed by atoms with E-state index in [1.165, 1.54) is 0 Å². The summed E-state index contributed by atoms with van der Waals surface area (Å²) in [6.07, 6.45) is 18.4. The highest BCUT2D eigenvalue weighted by atomic mass is 35.5. The Labute approximate surface area is 741 Å². The van der Waals surface area contributed by atoms with Gasteiger partial charge in [0.15, 0.2) is 0 Å². The van der Waals surface area contributed by atoms with E-state index in [4.69, 9.17) is 84.3 Å². The molecular formula is C96H100Cl4N8O16. The molecule has 4 fully saturated rings. The highest BCUT2D eigenvalue weighted by molar-refractivity contribution is 6.31. The first-order valence-corrected chi connectivity index (χ1v) is 43.4. The smallest absolute Gasteiger partial charge is 0.336 e. The summed E-state index contributed by atoms with van der Waals surface area (Å²) < 4.78 is 45.4. The maximum Gasteiger partial charge on any atom is 0.336 e. The average Bonchev–Trinajstić information content (AvgIpc) is 1.18. The molecule has 16 rings (SSSR count). The summed E-state index contributed by atoms with van der Waals surface area (Å²) >= 11 is 24.2. The fourth-order valence-corrected chi connectivity index (χ4v) is 17.2. The number of carbonyl (C=O) groups excluding carboxylic acids is 8. The van der Waals surface area contributed by atoms with Gasteiger partial charge < -0.3 is 57.5 Å². The van der Waals surface area contributed by atoms with Gasteiger partial charge in [-0.15, -0.1) is 0 Å². The lowest BCUT2D eigenvalue weighted by Gasteiger charge is -2.35. The van der Waals surface area contributed by atoms with Gasteiger partial charge in [-0.05, 0) is 186 Å². The second-order valence-electron chi connectivity index (χ2n) is 31.5. The van der Waals surface area contributed by atoms with Crippen molar-refractivity contribution in [1.29, 1.82) is 0 Å². The van der Waals surface area contributed by atoms with Crippen LogP contribution in [0, 0.1) is 0 Å². The van der Waals surface area contributed by atoms with Crippen molar-refractivity contribution < 1.29 is 76.3 Å². The first-order valence-electron chi connectivity index (χ1n) is 41.9. The van der Waals surface area contributed by atoms with Crippen LogP contribution in [-0.2, 0) is 103 Å². The zero-order valence-corrected chi connectivity index (χ0v) is 72.7. The topological polar surface area (TPSA) is 275 Å². The third kappa shape index (κ3) is 24.0. The molecule has 0 aliphatic carbocycles. The molecule has 0 radical (unpaired) electrons. The largest absolute Gasteiger partial charge is 0.457 e. The van der Waals surface area contributed by atoms with E-state index in [2.05, 4.69) is 19.9 Å². The van der Waals surface area contributed by atoms with E-state index in [0.29, 0.717) is 129 Å². The monoisotopic (exact) mass is 1760 g/mol. The van der Waals surface area contributed by atoms with E-state index < -0.39 is 23.9 Å². The number of benzene rings is 4. The van der Waals surface area contributed by atoms with Crippen molar-refractivity contribution in [3.8, 4) is 0 Å². The number of aromatic nitrogens is 4. The van der Waals surface area contributed by atoms with Crippen molar-refractivity contribution in [3.05, 3.63) is 305 Å². The van der Waals surface area contributed by atoms with Crippen LogP contribution in [0.15, 0.2) is 240 Å². The van der Waals surface area contributed by atoms with Gasteiger partial charge in [-0.3, -0.25) is 39.1 Å². The maximum atomic E-state index is 13.2. The molecule has 8 aliphatic heterocycles. The number of pyridine rings is 4. The fraction of sp³-hybridized carbons (Fsp3) is 0.375. The van der Waals surface area contributed by atoms with Crippen LogP contribution in [-0.4, -0.2) is 164 Å². The number of hydrogen-bond donors (Lipinski definition) is 0. The van der Waals surface area contributed by atoms with Crippen LogP contribution in [0.4, 0.5) is 0 Å². The minimum absolute atomic E-state index is 0.00125. The second-order valence-corrected chi connectivity index (χ2v) is 33.2. The van der Waals surface area contributed by atoms with Gasteiger partial charge in [0.1, 0.15) is 26.4 Å². The molecule has 0 saturated carbocycles. The molecule has 0 N–H and O–H groups in total. The van der Waals surface area contributed by atoms with Crippen LogP contribution < -0.4 is 0 Å². The summed E-state index contributed by atoms with van der Waals surface area (Å²) in [7, 11) is 0. The molecule has 0 spiro atoms. The van der Waals surface area contributed by atoms with Crippen LogP contribution >= 0.6 is 46.4 Å². The van der Waals surface area contributed by atoms with E-state index in [1.807, 2.05) is 113 Å². The number of rotatable bonds is 24. The minimum Gasteiger partial charge on any atom is -0.457 e. The normalized spacial score (nSPS) is 21.5. The molecule has 0 unspecified atom stereocenters. The van der Waals surface area contributed by atoms with Crippen molar-refractivity contribution in [2.75, 3.05) is 52.6 Å². The van der Waals surface area contributed by atoms with Crippen LogP contribution in [0.25, 0.3) is 0 Å². The molecule has 0 bridgehead atoms. The molecule has 8 aromatic rings. The summed E-state index contributed by atoms with van der Waals surface area (Å²) in [5.41, 5.74) is 10.9. The third-order valence-corrected chi connectivity index (χ3v) is 24.2. The average molecular weight is 1760 g/mol. The number of carbonyl (C=O) groups is 8. The van der Waals surface area contributed by atoms with Crippen LogP contribution in [0.3, 0.4) is 0 Å². The Morgan fingerprint density at radius 3 is 0.815 bits per heavy atom. The molecule has 8 atom stereocenters. The first-order chi connectivity index (χ1) is 60.1. The van der Waals surface area contributed by atoms with Gasteiger partial charge in [0, 0.05) is 167 Å². The van der Waals surface area contributed by atoms with E-state index in [1.54, 1.807) is 130 Å². The van der Waals surface area contributed by atoms with E-state index in [9.17, 15) is 38.4 Å². The molecule has 28 heteroatoms. The van der Waals surface area contributed by atoms with Crippen molar-refractivity contribution in [3.63, 3.8) is 0 Å². The van der Waals surface area contributed by atoms with Gasteiger partial charge >= 0.3 is 23.9 Å². The van der Waals surface area contributed by atoms with Crippen molar-refractivity contribution in [2.24, 2.45) is 0 Å². The number of hydrogen-bond acceptors (Lipinski definition) is 20. The quantitative estimate of drug-likeness (QED) is 0.0401. The fourth-order valence-electron chi connectivity index (χ4n) is 16.7. The third-order valence-electron chi connectivity index (χ3n) is 23.2. The maximum absolute atomic E-state index is 13.2. The van der Waals surface area contributed by atoms with Gasteiger partial charge in [-0.1, -0.05) is 119 Å². The minimum atomic E-state index is -0.437. The molecule has 648 valence electrons.